The largest absolute Gasteiger partial charge is 0.466 e. The van der Waals surface area contributed by atoms with Gasteiger partial charge in [-0.2, -0.15) is 0 Å². The Morgan fingerprint density at radius 3 is 2.73 bits per heavy atom. The summed E-state index contributed by atoms with van der Waals surface area (Å²) >= 11 is 0. The number of carbonyl (C=O) groups excluding carboxylic acids is 2. The zero-order chi connectivity index (χ0) is 8.48. The fourth-order valence-corrected chi connectivity index (χ4v) is 1.21. The summed E-state index contributed by atoms with van der Waals surface area (Å²) < 4.78 is 17.4. The average Bonchev–Trinajstić information content (AvgIpc) is 2.32. The van der Waals surface area contributed by atoms with E-state index in [9.17, 15) is 14.0 Å². The van der Waals surface area contributed by atoms with Gasteiger partial charge in [0.05, 0.1) is 7.11 Å². The molecular formula is C7H9FO3. The van der Waals surface area contributed by atoms with Gasteiger partial charge < -0.3 is 4.74 Å². The van der Waals surface area contributed by atoms with Gasteiger partial charge in [0.15, 0.2) is 5.78 Å². The quantitative estimate of drug-likeness (QED) is 0.417. The van der Waals surface area contributed by atoms with Gasteiger partial charge in [0.2, 0.25) is 0 Å². The first-order valence-corrected chi connectivity index (χ1v) is 3.42. The molecule has 4 heteroatoms. The van der Waals surface area contributed by atoms with Gasteiger partial charge in [0.1, 0.15) is 0 Å². The van der Waals surface area contributed by atoms with Gasteiger partial charge in [-0.15, -0.1) is 0 Å². The van der Waals surface area contributed by atoms with Crippen LogP contribution in [0.5, 0.6) is 0 Å². The highest BCUT2D eigenvalue weighted by atomic mass is 19.1. The summed E-state index contributed by atoms with van der Waals surface area (Å²) in [6.45, 7) is 0. The lowest BCUT2D eigenvalue weighted by atomic mass is 10.0. The van der Waals surface area contributed by atoms with E-state index in [2.05, 4.69) is 4.74 Å². The molecule has 3 nitrogen and oxygen atoms in total. The van der Waals surface area contributed by atoms with Crippen LogP contribution in [0.1, 0.15) is 19.3 Å². The Kier molecular flexibility index (Phi) is 1.93. The Balaban J connectivity index is 2.80. The monoisotopic (exact) mass is 160 g/mol. The van der Waals surface area contributed by atoms with E-state index < -0.39 is 17.4 Å². The van der Waals surface area contributed by atoms with E-state index in [1.54, 1.807) is 0 Å². The van der Waals surface area contributed by atoms with Crippen molar-refractivity contribution in [1.29, 1.82) is 0 Å². The number of methoxy groups -OCH3 is 1. The molecule has 0 unspecified atom stereocenters. The highest BCUT2D eigenvalue weighted by Crippen LogP contribution is 2.30. The molecule has 0 aliphatic heterocycles. The van der Waals surface area contributed by atoms with Crippen molar-refractivity contribution in [2.24, 2.45) is 0 Å². The van der Waals surface area contributed by atoms with Crippen molar-refractivity contribution in [2.75, 3.05) is 7.11 Å². The molecule has 0 radical (unpaired) electrons. The summed E-state index contributed by atoms with van der Waals surface area (Å²) in [6, 6.07) is 0. The molecule has 0 heterocycles. The minimum atomic E-state index is -2.34. The molecule has 62 valence electrons. The van der Waals surface area contributed by atoms with E-state index in [0.717, 1.165) is 7.11 Å². The number of ketones is 1. The van der Waals surface area contributed by atoms with Crippen LogP contribution in [0.4, 0.5) is 4.39 Å². The number of hydrogen-bond donors (Lipinski definition) is 0. The molecule has 0 aromatic heterocycles. The van der Waals surface area contributed by atoms with Crippen molar-refractivity contribution in [2.45, 2.75) is 24.9 Å². The molecule has 1 rings (SSSR count). The fraction of sp³-hybridized carbons (Fsp3) is 0.714. The number of esters is 1. The smallest absolute Gasteiger partial charge is 0.351 e. The maximum absolute atomic E-state index is 13.3. The van der Waals surface area contributed by atoms with Crippen LogP contribution >= 0.6 is 0 Å². The SMILES string of the molecule is COC(=O)[C@]1(F)CCCC1=O. The minimum Gasteiger partial charge on any atom is -0.466 e. The number of halogens is 1. The molecule has 0 N–H and O–H groups in total. The van der Waals surface area contributed by atoms with E-state index in [1.807, 2.05) is 0 Å². The fourth-order valence-electron chi connectivity index (χ4n) is 1.21. The first kappa shape index (κ1) is 8.17. The van der Waals surface area contributed by atoms with Crippen LogP contribution in [0.2, 0.25) is 0 Å². The van der Waals surface area contributed by atoms with Crippen molar-refractivity contribution in [3.63, 3.8) is 0 Å². The number of hydrogen-bond acceptors (Lipinski definition) is 3. The molecule has 1 saturated carbocycles. The Morgan fingerprint density at radius 2 is 2.36 bits per heavy atom. The van der Waals surface area contributed by atoms with Crippen molar-refractivity contribution in [3.05, 3.63) is 0 Å². The number of Topliss-reactive ketones (excluding diaryl/α,β-unsaturated/α-hetero) is 1. The van der Waals surface area contributed by atoms with Gasteiger partial charge in [0, 0.05) is 12.8 Å². The standard InChI is InChI=1S/C7H9FO3/c1-11-6(10)7(8)4-2-3-5(7)9/h2-4H2,1H3/t7-/m0/s1. The zero-order valence-corrected chi connectivity index (χ0v) is 6.22. The van der Waals surface area contributed by atoms with E-state index in [-0.39, 0.29) is 12.8 Å². The highest BCUT2D eigenvalue weighted by molar-refractivity contribution is 6.08. The molecule has 11 heavy (non-hydrogen) atoms. The van der Waals surface area contributed by atoms with Crippen LogP contribution in [0, 0.1) is 0 Å². The predicted molar refractivity (Wildman–Crippen MR) is 34.7 cm³/mol. The van der Waals surface area contributed by atoms with Crippen LogP contribution < -0.4 is 0 Å². The second-order valence-electron chi connectivity index (χ2n) is 2.57. The first-order valence-electron chi connectivity index (χ1n) is 3.42. The third-order valence-electron chi connectivity index (χ3n) is 1.88. The lowest BCUT2D eigenvalue weighted by Crippen LogP contribution is -2.38. The molecule has 1 atom stereocenters. The summed E-state index contributed by atoms with van der Waals surface area (Å²) in [7, 11) is 1.08. The molecule has 0 spiro atoms. The van der Waals surface area contributed by atoms with Crippen molar-refractivity contribution in [3.8, 4) is 0 Å². The number of alkyl halides is 1. The summed E-state index contributed by atoms with van der Waals surface area (Å²) in [4.78, 5) is 21.5. The summed E-state index contributed by atoms with van der Waals surface area (Å²) in [5.74, 6) is -1.70. The number of rotatable bonds is 1. The lowest BCUT2D eigenvalue weighted by molar-refractivity contribution is -0.158. The van der Waals surface area contributed by atoms with E-state index in [0.29, 0.717) is 6.42 Å². The summed E-state index contributed by atoms with van der Waals surface area (Å²) in [6.07, 6.45) is 0.550. The topological polar surface area (TPSA) is 43.4 Å². The average molecular weight is 160 g/mol. The van der Waals surface area contributed by atoms with E-state index in [4.69, 9.17) is 0 Å². The maximum Gasteiger partial charge on any atom is 0.351 e. The lowest BCUT2D eigenvalue weighted by Gasteiger charge is -2.12. The second-order valence-corrected chi connectivity index (χ2v) is 2.57. The minimum absolute atomic E-state index is 0.0293. The first-order chi connectivity index (χ1) is 5.11. The Bertz CT molecular complexity index is 202. The second kappa shape index (κ2) is 2.60. The van der Waals surface area contributed by atoms with E-state index in [1.165, 1.54) is 0 Å². The molecule has 0 amide bonds. The third kappa shape index (κ3) is 1.13. The number of carbonyl (C=O) groups is 2. The molecule has 1 aliphatic rings. The van der Waals surface area contributed by atoms with Crippen LogP contribution in [0.15, 0.2) is 0 Å². The zero-order valence-electron chi connectivity index (χ0n) is 6.22. The van der Waals surface area contributed by atoms with Crippen LogP contribution in [-0.4, -0.2) is 24.5 Å². The van der Waals surface area contributed by atoms with Gasteiger partial charge in [-0.1, -0.05) is 0 Å². The van der Waals surface area contributed by atoms with Crippen molar-refractivity contribution >= 4 is 11.8 Å². The third-order valence-corrected chi connectivity index (χ3v) is 1.88. The van der Waals surface area contributed by atoms with Gasteiger partial charge >= 0.3 is 5.97 Å². The van der Waals surface area contributed by atoms with Crippen molar-refractivity contribution in [1.82, 2.24) is 0 Å². The molecule has 0 bridgehead atoms. The molecule has 1 fully saturated rings. The normalized spacial score (nSPS) is 30.5. The van der Waals surface area contributed by atoms with Crippen LogP contribution in [-0.2, 0) is 14.3 Å². The summed E-state index contributed by atoms with van der Waals surface area (Å²) in [5, 5.41) is 0. The predicted octanol–water partition coefficient (Wildman–Crippen LogP) is 0.621. The Labute approximate surface area is 63.5 Å². The number of ether oxygens (including phenoxy) is 1. The molecule has 0 saturated heterocycles. The molecular weight excluding hydrogens is 151 g/mol. The molecule has 1 aliphatic carbocycles. The Hall–Kier alpha value is -0.930. The highest BCUT2D eigenvalue weighted by Gasteiger charge is 2.50. The maximum atomic E-state index is 13.3. The van der Waals surface area contributed by atoms with Gasteiger partial charge in [-0.3, -0.25) is 4.79 Å². The molecule has 0 aromatic rings. The van der Waals surface area contributed by atoms with E-state index >= 15 is 0 Å². The van der Waals surface area contributed by atoms with Crippen molar-refractivity contribution < 1.29 is 18.7 Å². The van der Waals surface area contributed by atoms with Crippen LogP contribution in [0.25, 0.3) is 0 Å². The summed E-state index contributed by atoms with van der Waals surface area (Å²) in [5.41, 5.74) is -2.34. The Morgan fingerprint density at radius 1 is 1.73 bits per heavy atom. The molecule has 0 aromatic carbocycles. The van der Waals surface area contributed by atoms with Gasteiger partial charge in [-0.05, 0) is 6.42 Å². The van der Waals surface area contributed by atoms with Gasteiger partial charge in [-0.25, -0.2) is 9.18 Å². The van der Waals surface area contributed by atoms with Gasteiger partial charge in [0.25, 0.3) is 5.67 Å². The van der Waals surface area contributed by atoms with Crippen LogP contribution in [0.3, 0.4) is 0 Å².